The minimum atomic E-state index is -0.0142. The third-order valence-corrected chi connectivity index (χ3v) is 2.14. The Balaban J connectivity index is 0.000001000. The maximum Gasteiger partial charge on any atom is 0.308 e. The van der Waals surface area contributed by atoms with E-state index in [0.29, 0.717) is 0 Å². The molecule has 2 nitrogen and oxygen atoms in total. The van der Waals surface area contributed by atoms with E-state index < -0.39 is 0 Å². The molecule has 0 radical (unpaired) electrons. The molecule has 1 fully saturated rings. The second kappa shape index (κ2) is 5.80. The molecule has 0 atom stereocenters. The zero-order chi connectivity index (χ0) is 7.40. The SMILES string of the molecule is COC(=O)C1CCCCC1.I. The molecule has 11 heavy (non-hydrogen) atoms. The van der Waals surface area contributed by atoms with Gasteiger partial charge in [0, 0.05) is 0 Å². The number of hydrogen-bond acceptors (Lipinski definition) is 2. The molecular weight excluding hydrogens is 255 g/mol. The topological polar surface area (TPSA) is 26.3 Å². The lowest BCUT2D eigenvalue weighted by molar-refractivity contribution is -0.146. The molecule has 0 spiro atoms. The van der Waals surface area contributed by atoms with Crippen LogP contribution in [0.1, 0.15) is 32.1 Å². The molecule has 0 unspecified atom stereocenters. The highest BCUT2D eigenvalue weighted by atomic mass is 127. The first-order valence-corrected chi connectivity index (χ1v) is 3.92. The number of halogens is 1. The van der Waals surface area contributed by atoms with Crippen LogP contribution in [-0.4, -0.2) is 13.1 Å². The van der Waals surface area contributed by atoms with Crippen molar-refractivity contribution in [3.63, 3.8) is 0 Å². The van der Waals surface area contributed by atoms with Crippen LogP contribution in [0.25, 0.3) is 0 Å². The third-order valence-electron chi connectivity index (χ3n) is 2.14. The summed E-state index contributed by atoms with van der Waals surface area (Å²) in [6.45, 7) is 0. The van der Waals surface area contributed by atoms with Crippen molar-refractivity contribution in [1.29, 1.82) is 0 Å². The van der Waals surface area contributed by atoms with E-state index in [-0.39, 0.29) is 35.9 Å². The molecule has 1 saturated carbocycles. The summed E-state index contributed by atoms with van der Waals surface area (Å²) < 4.78 is 4.65. The average molecular weight is 270 g/mol. The van der Waals surface area contributed by atoms with Crippen molar-refractivity contribution in [1.82, 2.24) is 0 Å². The number of carbonyl (C=O) groups excluding carboxylic acids is 1. The van der Waals surface area contributed by atoms with Gasteiger partial charge in [-0.1, -0.05) is 19.3 Å². The van der Waals surface area contributed by atoms with Gasteiger partial charge in [0.15, 0.2) is 0 Å². The number of methoxy groups -OCH3 is 1. The Labute approximate surface area is 84.7 Å². The lowest BCUT2D eigenvalue weighted by atomic mass is 9.89. The first-order valence-electron chi connectivity index (χ1n) is 3.92. The highest BCUT2D eigenvalue weighted by molar-refractivity contribution is 14.0. The smallest absolute Gasteiger partial charge is 0.308 e. The Morgan fingerprint density at radius 3 is 2.27 bits per heavy atom. The fourth-order valence-electron chi connectivity index (χ4n) is 1.50. The molecule has 0 bridgehead atoms. The van der Waals surface area contributed by atoms with Gasteiger partial charge >= 0.3 is 5.97 Å². The van der Waals surface area contributed by atoms with E-state index in [0.717, 1.165) is 12.8 Å². The van der Waals surface area contributed by atoms with Crippen LogP contribution < -0.4 is 0 Å². The number of ether oxygens (including phenoxy) is 1. The van der Waals surface area contributed by atoms with E-state index in [1.54, 1.807) is 0 Å². The Bertz CT molecular complexity index is 119. The summed E-state index contributed by atoms with van der Waals surface area (Å²) in [6.07, 6.45) is 5.74. The quantitative estimate of drug-likeness (QED) is 0.540. The predicted molar refractivity (Wildman–Crippen MR) is 54.0 cm³/mol. The molecule has 3 heteroatoms. The summed E-state index contributed by atoms with van der Waals surface area (Å²) in [5.74, 6) is 0.193. The maximum atomic E-state index is 10.9. The molecule has 66 valence electrons. The van der Waals surface area contributed by atoms with E-state index in [4.69, 9.17) is 0 Å². The summed E-state index contributed by atoms with van der Waals surface area (Å²) in [6, 6.07) is 0. The molecule has 0 N–H and O–H groups in total. The van der Waals surface area contributed by atoms with Crippen molar-refractivity contribution < 1.29 is 9.53 Å². The van der Waals surface area contributed by atoms with E-state index in [2.05, 4.69) is 4.74 Å². The lowest BCUT2D eigenvalue weighted by Gasteiger charge is -2.18. The number of rotatable bonds is 1. The molecule has 0 aromatic carbocycles. The number of hydrogen-bond donors (Lipinski definition) is 0. The van der Waals surface area contributed by atoms with Crippen molar-refractivity contribution in [3.05, 3.63) is 0 Å². The van der Waals surface area contributed by atoms with E-state index in [9.17, 15) is 4.79 Å². The standard InChI is InChI=1S/C8H14O2.HI/c1-10-8(9)7-5-3-2-4-6-7;/h7H,2-6H2,1H3;1H. The van der Waals surface area contributed by atoms with Gasteiger partial charge in [-0.15, -0.1) is 24.0 Å². The second-order valence-electron chi connectivity index (χ2n) is 2.86. The van der Waals surface area contributed by atoms with Crippen LogP contribution in [0, 0.1) is 5.92 Å². The average Bonchev–Trinajstić information content (AvgIpc) is 2.05. The van der Waals surface area contributed by atoms with Crippen LogP contribution >= 0.6 is 24.0 Å². The largest absolute Gasteiger partial charge is 0.469 e. The first-order chi connectivity index (χ1) is 4.84. The van der Waals surface area contributed by atoms with Crippen LogP contribution in [0.5, 0.6) is 0 Å². The minimum Gasteiger partial charge on any atom is -0.469 e. The molecule has 0 heterocycles. The molecule has 1 aliphatic carbocycles. The van der Waals surface area contributed by atoms with Crippen molar-refractivity contribution in [2.24, 2.45) is 5.92 Å². The molecule has 0 amide bonds. The molecule has 0 aliphatic heterocycles. The Morgan fingerprint density at radius 2 is 1.82 bits per heavy atom. The fourth-order valence-corrected chi connectivity index (χ4v) is 1.50. The van der Waals surface area contributed by atoms with Crippen LogP contribution in [0.4, 0.5) is 0 Å². The molecule has 0 saturated heterocycles. The fraction of sp³-hybridized carbons (Fsp3) is 0.875. The summed E-state index contributed by atoms with van der Waals surface area (Å²) in [5.41, 5.74) is 0. The zero-order valence-electron chi connectivity index (χ0n) is 6.84. The van der Waals surface area contributed by atoms with Crippen molar-refractivity contribution in [2.75, 3.05) is 7.11 Å². The van der Waals surface area contributed by atoms with Gasteiger partial charge in [0.25, 0.3) is 0 Å². The van der Waals surface area contributed by atoms with Gasteiger partial charge in [0.2, 0.25) is 0 Å². The van der Waals surface area contributed by atoms with Gasteiger partial charge in [-0.2, -0.15) is 0 Å². The van der Waals surface area contributed by atoms with Crippen LogP contribution in [0.2, 0.25) is 0 Å². The summed E-state index contributed by atoms with van der Waals surface area (Å²) in [5, 5.41) is 0. The van der Waals surface area contributed by atoms with Gasteiger partial charge in [-0.25, -0.2) is 0 Å². The molecular formula is C8H15IO2. The Kier molecular flexibility index (Phi) is 5.91. The Morgan fingerprint density at radius 1 is 1.27 bits per heavy atom. The lowest BCUT2D eigenvalue weighted by Crippen LogP contribution is -2.18. The summed E-state index contributed by atoms with van der Waals surface area (Å²) in [4.78, 5) is 10.9. The van der Waals surface area contributed by atoms with Crippen LogP contribution in [-0.2, 0) is 9.53 Å². The highest BCUT2D eigenvalue weighted by Crippen LogP contribution is 2.24. The molecule has 0 aromatic heterocycles. The van der Waals surface area contributed by atoms with Crippen molar-refractivity contribution >= 4 is 29.9 Å². The maximum absolute atomic E-state index is 10.9. The van der Waals surface area contributed by atoms with E-state index >= 15 is 0 Å². The normalized spacial score (nSPS) is 18.6. The minimum absolute atomic E-state index is 0. The molecule has 1 rings (SSSR count). The second-order valence-corrected chi connectivity index (χ2v) is 2.86. The van der Waals surface area contributed by atoms with E-state index in [1.807, 2.05) is 0 Å². The summed E-state index contributed by atoms with van der Waals surface area (Å²) >= 11 is 0. The van der Waals surface area contributed by atoms with Gasteiger partial charge in [0.05, 0.1) is 13.0 Å². The molecule has 1 aliphatic rings. The zero-order valence-corrected chi connectivity index (χ0v) is 9.17. The predicted octanol–water partition coefficient (Wildman–Crippen LogP) is 2.36. The molecule has 0 aromatic rings. The van der Waals surface area contributed by atoms with E-state index in [1.165, 1.54) is 26.4 Å². The van der Waals surface area contributed by atoms with Gasteiger partial charge in [-0.3, -0.25) is 4.79 Å². The third kappa shape index (κ3) is 3.40. The van der Waals surface area contributed by atoms with Crippen LogP contribution in [0.15, 0.2) is 0 Å². The number of carbonyl (C=O) groups is 1. The van der Waals surface area contributed by atoms with Gasteiger partial charge < -0.3 is 4.74 Å². The summed E-state index contributed by atoms with van der Waals surface area (Å²) in [7, 11) is 1.47. The van der Waals surface area contributed by atoms with Crippen molar-refractivity contribution in [2.45, 2.75) is 32.1 Å². The van der Waals surface area contributed by atoms with Gasteiger partial charge in [0.1, 0.15) is 0 Å². The van der Waals surface area contributed by atoms with Crippen molar-refractivity contribution in [3.8, 4) is 0 Å². The van der Waals surface area contributed by atoms with Crippen LogP contribution in [0.3, 0.4) is 0 Å². The van der Waals surface area contributed by atoms with Gasteiger partial charge in [-0.05, 0) is 12.8 Å². The number of esters is 1. The monoisotopic (exact) mass is 270 g/mol. The first kappa shape index (κ1) is 11.2. The Hall–Kier alpha value is 0.200. The highest BCUT2D eigenvalue weighted by Gasteiger charge is 2.20.